The summed E-state index contributed by atoms with van der Waals surface area (Å²) in [6.45, 7) is 2.27. The van der Waals surface area contributed by atoms with Crippen LogP contribution in [0.25, 0.3) is 0 Å². The molecular formula is C24H30N4O2. The first-order chi connectivity index (χ1) is 14.5. The predicted molar refractivity (Wildman–Crippen MR) is 113 cm³/mol. The molecule has 0 radical (unpaired) electrons. The maximum absolute atomic E-state index is 13.6. The Kier molecular flexibility index (Phi) is 4.88. The summed E-state index contributed by atoms with van der Waals surface area (Å²) >= 11 is 0. The van der Waals surface area contributed by atoms with E-state index in [0.717, 1.165) is 37.2 Å². The van der Waals surface area contributed by atoms with Gasteiger partial charge in [0.1, 0.15) is 0 Å². The molecule has 6 nitrogen and oxygen atoms in total. The summed E-state index contributed by atoms with van der Waals surface area (Å²) in [6.07, 6.45) is 9.19. The minimum atomic E-state index is -0.457. The molecule has 6 heteroatoms. The summed E-state index contributed by atoms with van der Waals surface area (Å²) in [5.41, 5.74) is 1.44. The summed E-state index contributed by atoms with van der Waals surface area (Å²) in [5, 5.41) is 0. The Hall–Kier alpha value is -2.63. The molecule has 3 heterocycles. The van der Waals surface area contributed by atoms with Crippen LogP contribution in [0.3, 0.4) is 0 Å². The molecule has 1 aliphatic carbocycles. The standard InChI is InChI=1S/C24H30N4O2/c1-26-15-20(25-17-26)21-13-24(10-5-11-27(23(24)30)14-19-8-9-19)16-28(21)22(29)12-18-6-3-2-4-7-18/h2-4,6-7,15,17,19,21H,5,8-14,16H2,1H3. The van der Waals surface area contributed by atoms with Gasteiger partial charge in [-0.05, 0) is 43.6 Å². The number of likely N-dealkylation sites (tertiary alicyclic amines) is 2. The zero-order chi connectivity index (χ0) is 20.7. The molecule has 1 saturated carbocycles. The molecule has 2 aliphatic heterocycles. The van der Waals surface area contributed by atoms with Crippen LogP contribution in [-0.4, -0.2) is 50.8 Å². The van der Waals surface area contributed by atoms with Crippen molar-refractivity contribution in [1.82, 2.24) is 19.4 Å². The number of carbonyl (C=O) groups excluding carboxylic acids is 2. The number of nitrogens with zero attached hydrogens (tertiary/aromatic N) is 4. The third-order valence-electron chi connectivity index (χ3n) is 7.02. The normalized spacial score (nSPS) is 26.6. The second-order valence-electron chi connectivity index (χ2n) is 9.45. The Morgan fingerprint density at radius 1 is 1.23 bits per heavy atom. The minimum absolute atomic E-state index is 0.0841. The van der Waals surface area contributed by atoms with Gasteiger partial charge in [0, 0.05) is 32.9 Å². The number of rotatable bonds is 5. The van der Waals surface area contributed by atoms with Gasteiger partial charge in [-0.2, -0.15) is 0 Å². The van der Waals surface area contributed by atoms with Crippen LogP contribution < -0.4 is 0 Å². The van der Waals surface area contributed by atoms with Crippen LogP contribution in [0.5, 0.6) is 0 Å². The molecule has 2 aromatic rings. The Morgan fingerprint density at radius 2 is 2.03 bits per heavy atom. The number of benzene rings is 1. The molecule has 3 aliphatic rings. The van der Waals surface area contributed by atoms with Gasteiger partial charge in [-0.25, -0.2) is 4.98 Å². The fourth-order valence-corrected chi connectivity index (χ4v) is 5.26. The quantitative estimate of drug-likeness (QED) is 0.767. The van der Waals surface area contributed by atoms with Crippen LogP contribution in [0.4, 0.5) is 0 Å². The van der Waals surface area contributed by atoms with Gasteiger partial charge in [0.05, 0.1) is 29.9 Å². The van der Waals surface area contributed by atoms with Crippen molar-refractivity contribution in [2.24, 2.45) is 18.4 Å². The van der Waals surface area contributed by atoms with Gasteiger partial charge in [0.15, 0.2) is 0 Å². The molecule has 0 N–H and O–H groups in total. The summed E-state index contributed by atoms with van der Waals surface area (Å²) in [6, 6.07) is 9.73. The van der Waals surface area contributed by atoms with Gasteiger partial charge in [-0.1, -0.05) is 30.3 Å². The van der Waals surface area contributed by atoms with Crippen molar-refractivity contribution in [3.8, 4) is 0 Å². The fourth-order valence-electron chi connectivity index (χ4n) is 5.26. The van der Waals surface area contributed by atoms with Gasteiger partial charge >= 0.3 is 0 Å². The lowest BCUT2D eigenvalue weighted by Gasteiger charge is -2.39. The van der Waals surface area contributed by atoms with Crippen molar-refractivity contribution < 1.29 is 9.59 Å². The Bertz CT molecular complexity index is 936. The highest BCUT2D eigenvalue weighted by Crippen LogP contribution is 2.49. The van der Waals surface area contributed by atoms with Crippen LogP contribution in [0.15, 0.2) is 42.9 Å². The van der Waals surface area contributed by atoms with Crippen molar-refractivity contribution in [3.05, 3.63) is 54.1 Å². The van der Waals surface area contributed by atoms with Crippen LogP contribution in [0, 0.1) is 11.3 Å². The number of carbonyl (C=O) groups is 2. The van der Waals surface area contributed by atoms with Crippen LogP contribution in [-0.2, 0) is 23.1 Å². The molecule has 2 amide bonds. The minimum Gasteiger partial charge on any atom is -0.342 e. The Labute approximate surface area is 177 Å². The molecule has 0 bridgehead atoms. The van der Waals surface area contributed by atoms with Crippen LogP contribution >= 0.6 is 0 Å². The SMILES string of the molecule is Cn1cnc(C2CC3(CCCN(CC4CC4)C3=O)CN2C(=O)Cc2ccccc2)c1. The van der Waals surface area contributed by atoms with Crippen molar-refractivity contribution in [2.45, 2.75) is 44.6 Å². The number of amides is 2. The second-order valence-corrected chi connectivity index (χ2v) is 9.45. The van der Waals surface area contributed by atoms with E-state index in [9.17, 15) is 9.59 Å². The van der Waals surface area contributed by atoms with E-state index in [2.05, 4.69) is 9.88 Å². The lowest BCUT2D eigenvalue weighted by atomic mass is 9.76. The van der Waals surface area contributed by atoms with E-state index in [0.29, 0.717) is 25.3 Å². The molecule has 1 spiro atoms. The highest BCUT2D eigenvalue weighted by Gasteiger charge is 2.54. The van der Waals surface area contributed by atoms with Gasteiger partial charge in [-0.15, -0.1) is 0 Å². The van der Waals surface area contributed by atoms with Crippen molar-refractivity contribution in [3.63, 3.8) is 0 Å². The Balaban J connectivity index is 1.42. The smallest absolute Gasteiger partial charge is 0.230 e. The average molecular weight is 407 g/mol. The lowest BCUT2D eigenvalue weighted by molar-refractivity contribution is -0.146. The maximum Gasteiger partial charge on any atom is 0.230 e. The first kappa shape index (κ1) is 19.3. The van der Waals surface area contributed by atoms with Gasteiger partial charge in [-0.3, -0.25) is 9.59 Å². The molecule has 2 atom stereocenters. The average Bonchev–Trinajstić information content (AvgIpc) is 3.32. The zero-order valence-corrected chi connectivity index (χ0v) is 17.7. The number of piperidine rings is 1. The van der Waals surface area contributed by atoms with E-state index in [1.807, 2.05) is 53.0 Å². The van der Waals surface area contributed by atoms with E-state index in [1.54, 1.807) is 6.33 Å². The highest BCUT2D eigenvalue weighted by atomic mass is 16.2. The van der Waals surface area contributed by atoms with Crippen LogP contribution in [0.2, 0.25) is 0 Å². The van der Waals surface area contributed by atoms with Gasteiger partial charge in [0.2, 0.25) is 11.8 Å². The Morgan fingerprint density at radius 3 is 2.73 bits per heavy atom. The third kappa shape index (κ3) is 3.64. The number of imidazole rings is 1. The molecule has 30 heavy (non-hydrogen) atoms. The maximum atomic E-state index is 13.6. The first-order valence-electron chi connectivity index (χ1n) is 11.1. The fraction of sp³-hybridized carbons (Fsp3) is 0.542. The molecule has 1 aromatic carbocycles. The van der Waals surface area contributed by atoms with E-state index in [1.165, 1.54) is 12.8 Å². The second kappa shape index (κ2) is 7.56. The van der Waals surface area contributed by atoms with E-state index in [-0.39, 0.29) is 17.9 Å². The van der Waals surface area contributed by atoms with Crippen molar-refractivity contribution >= 4 is 11.8 Å². The predicted octanol–water partition coefficient (Wildman–Crippen LogP) is 2.96. The monoisotopic (exact) mass is 406 g/mol. The number of hydrogen-bond acceptors (Lipinski definition) is 3. The van der Waals surface area contributed by atoms with E-state index < -0.39 is 5.41 Å². The summed E-state index contributed by atoms with van der Waals surface area (Å²) < 4.78 is 1.92. The molecule has 158 valence electrons. The lowest BCUT2D eigenvalue weighted by Crippen LogP contribution is -2.51. The van der Waals surface area contributed by atoms with E-state index >= 15 is 0 Å². The summed E-state index contributed by atoms with van der Waals surface area (Å²) in [5.74, 6) is 1.03. The van der Waals surface area contributed by atoms with Gasteiger partial charge < -0.3 is 14.4 Å². The molecule has 5 rings (SSSR count). The first-order valence-corrected chi connectivity index (χ1v) is 11.1. The summed E-state index contributed by atoms with van der Waals surface area (Å²) in [7, 11) is 1.94. The largest absolute Gasteiger partial charge is 0.342 e. The molecule has 2 saturated heterocycles. The molecule has 2 unspecified atom stereocenters. The van der Waals surface area contributed by atoms with Crippen LogP contribution in [0.1, 0.15) is 49.4 Å². The van der Waals surface area contributed by atoms with Crippen molar-refractivity contribution in [2.75, 3.05) is 19.6 Å². The number of aryl methyl sites for hydroxylation is 1. The number of aromatic nitrogens is 2. The van der Waals surface area contributed by atoms with Crippen molar-refractivity contribution in [1.29, 1.82) is 0 Å². The highest BCUT2D eigenvalue weighted by molar-refractivity contribution is 5.87. The summed E-state index contributed by atoms with van der Waals surface area (Å²) in [4.78, 5) is 35.5. The molecule has 3 fully saturated rings. The topological polar surface area (TPSA) is 58.4 Å². The molecule has 1 aromatic heterocycles. The number of hydrogen-bond donors (Lipinski definition) is 0. The zero-order valence-electron chi connectivity index (χ0n) is 17.7. The van der Waals surface area contributed by atoms with Gasteiger partial charge in [0.25, 0.3) is 0 Å². The van der Waals surface area contributed by atoms with E-state index in [4.69, 9.17) is 0 Å². The third-order valence-corrected chi connectivity index (χ3v) is 7.02. The molecular weight excluding hydrogens is 376 g/mol.